The molecule has 1 aromatic heterocycles. The van der Waals surface area contributed by atoms with Crippen LogP contribution in [-0.2, 0) is 6.54 Å². The van der Waals surface area contributed by atoms with Crippen LogP contribution in [0.3, 0.4) is 0 Å². The highest BCUT2D eigenvalue weighted by Crippen LogP contribution is 2.12. The largest absolute Gasteiger partial charge is 0.361 e. The molecule has 0 aliphatic carbocycles. The van der Waals surface area contributed by atoms with Crippen LogP contribution in [-0.4, -0.2) is 40.1 Å². The Labute approximate surface area is 121 Å². The summed E-state index contributed by atoms with van der Waals surface area (Å²) in [6.45, 7) is 10.4. The molecule has 1 aliphatic rings. The van der Waals surface area contributed by atoms with Crippen LogP contribution in [0, 0.1) is 5.92 Å². The fourth-order valence-electron chi connectivity index (χ4n) is 2.74. The lowest BCUT2D eigenvalue weighted by Crippen LogP contribution is -2.43. The summed E-state index contributed by atoms with van der Waals surface area (Å²) in [4.78, 5) is 19.0. The van der Waals surface area contributed by atoms with E-state index in [0.29, 0.717) is 17.8 Å². The summed E-state index contributed by atoms with van der Waals surface area (Å²) >= 11 is 0. The van der Waals surface area contributed by atoms with E-state index in [2.05, 4.69) is 36.0 Å². The van der Waals surface area contributed by atoms with E-state index >= 15 is 0 Å². The Hall–Kier alpha value is -1.36. The van der Waals surface area contributed by atoms with Gasteiger partial charge >= 0.3 is 0 Å². The number of aromatic nitrogens is 2. The highest BCUT2D eigenvalue weighted by Gasteiger charge is 2.20. The van der Waals surface area contributed by atoms with Gasteiger partial charge in [-0.15, -0.1) is 0 Å². The smallest absolute Gasteiger partial charge is 0.293 e. The topological polar surface area (TPSA) is 50.2 Å². The molecule has 1 atom stereocenters. The van der Waals surface area contributed by atoms with Gasteiger partial charge in [-0.1, -0.05) is 20.8 Å². The average Bonchev–Trinajstić information content (AvgIpc) is 2.43. The number of hydrogen-bond acceptors (Lipinski definition) is 4. The van der Waals surface area contributed by atoms with Gasteiger partial charge in [0.25, 0.3) is 5.56 Å². The lowest BCUT2D eigenvalue weighted by molar-refractivity contribution is 0.226. The number of piperidine rings is 1. The standard InChI is InChI=1S/C15H26N4O/c1-4-18-8-5-6-13(11-18)17-14-15(20)19(9-7-16-14)10-12(2)3/h7,9,12-13H,4-6,8,10-11H2,1-3H3,(H,16,17). The molecule has 0 aromatic carbocycles. The van der Waals surface area contributed by atoms with Gasteiger partial charge in [-0.25, -0.2) is 4.98 Å². The number of likely N-dealkylation sites (tertiary alicyclic amines) is 1. The second-order valence-electron chi connectivity index (χ2n) is 6.00. The third kappa shape index (κ3) is 3.82. The number of nitrogens with one attached hydrogen (secondary N) is 1. The van der Waals surface area contributed by atoms with Crippen LogP contribution in [0.5, 0.6) is 0 Å². The fraction of sp³-hybridized carbons (Fsp3) is 0.733. The van der Waals surface area contributed by atoms with Crippen LogP contribution in [0.15, 0.2) is 17.2 Å². The third-order valence-electron chi connectivity index (χ3n) is 3.77. The first-order chi connectivity index (χ1) is 9.60. The van der Waals surface area contributed by atoms with Crippen molar-refractivity contribution < 1.29 is 0 Å². The molecular formula is C15H26N4O. The molecule has 2 heterocycles. The van der Waals surface area contributed by atoms with E-state index in [0.717, 1.165) is 32.6 Å². The van der Waals surface area contributed by atoms with Crippen LogP contribution in [0.4, 0.5) is 5.82 Å². The van der Waals surface area contributed by atoms with Crippen LogP contribution in [0.1, 0.15) is 33.6 Å². The molecule has 1 aromatic rings. The van der Waals surface area contributed by atoms with Gasteiger partial charge in [-0.05, 0) is 31.8 Å². The lowest BCUT2D eigenvalue weighted by atomic mass is 10.1. The lowest BCUT2D eigenvalue weighted by Gasteiger charge is -2.32. The maximum Gasteiger partial charge on any atom is 0.293 e. The Morgan fingerprint density at radius 1 is 1.50 bits per heavy atom. The molecule has 1 fully saturated rings. The van der Waals surface area contributed by atoms with E-state index in [4.69, 9.17) is 0 Å². The van der Waals surface area contributed by atoms with Crippen molar-refractivity contribution in [3.05, 3.63) is 22.7 Å². The zero-order chi connectivity index (χ0) is 14.5. The zero-order valence-electron chi connectivity index (χ0n) is 12.8. The van der Waals surface area contributed by atoms with Gasteiger partial charge in [0.05, 0.1) is 0 Å². The number of likely N-dealkylation sites (N-methyl/N-ethyl adjacent to an activating group) is 1. The first kappa shape index (κ1) is 15.0. The highest BCUT2D eigenvalue weighted by atomic mass is 16.1. The minimum Gasteiger partial charge on any atom is -0.361 e. The summed E-state index contributed by atoms with van der Waals surface area (Å²) in [6, 6.07) is 0.332. The number of anilines is 1. The molecule has 1 aliphatic heterocycles. The molecule has 1 N–H and O–H groups in total. The normalized spacial score (nSPS) is 20.3. The molecule has 1 unspecified atom stereocenters. The van der Waals surface area contributed by atoms with Crippen molar-refractivity contribution in [2.24, 2.45) is 5.92 Å². The average molecular weight is 278 g/mol. The maximum atomic E-state index is 12.4. The van der Waals surface area contributed by atoms with E-state index in [1.165, 1.54) is 6.42 Å². The summed E-state index contributed by atoms with van der Waals surface area (Å²) in [7, 11) is 0. The van der Waals surface area contributed by atoms with E-state index in [1.807, 2.05) is 0 Å². The summed E-state index contributed by atoms with van der Waals surface area (Å²) in [5.41, 5.74) is -0.00479. The summed E-state index contributed by atoms with van der Waals surface area (Å²) in [5.74, 6) is 0.948. The van der Waals surface area contributed by atoms with Crippen molar-refractivity contribution in [3.8, 4) is 0 Å². The van der Waals surface area contributed by atoms with E-state index < -0.39 is 0 Å². The fourth-order valence-corrected chi connectivity index (χ4v) is 2.74. The van der Waals surface area contributed by atoms with E-state index in [1.54, 1.807) is 17.0 Å². The van der Waals surface area contributed by atoms with Crippen LogP contribution in [0.2, 0.25) is 0 Å². The van der Waals surface area contributed by atoms with E-state index in [9.17, 15) is 4.79 Å². The molecule has 2 rings (SSSR count). The molecular weight excluding hydrogens is 252 g/mol. The van der Waals surface area contributed by atoms with Gasteiger partial charge in [-0.2, -0.15) is 0 Å². The number of hydrogen-bond donors (Lipinski definition) is 1. The zero-order valence-corrected chi connectivity index (χ0v) is 12.8. The van der Waals surface area contributed by atoms with Crippen LogP contribution in [0.25, 0.3) is 0 Å². The molecule has 0 bridgehead atoms. The van der Waals surface area contributed by atoms with E-state index in [-0.39, 0.29) is 5.56 Å². The maximum absolute atomic E-state index is 12.4. The van der Waals surface area contributed by atoms with Gasteiger partial charge in [0.1, 0.15) is 0 Å². The van der Waals surface area contributed by atoms with Gasteiger partial charge in [0.15, 0.2) is 5.82 Å². The van der Waals surface area contributed by atoms with Gasteiger partial charge in [-0.3, -0.25) is 4.79 Å². The molecule has 0 saturated carbocycles. The van der Waals surface area contributed by atoms with Gasteiger partial charge in [0, 0.05) is 31.5 Å². The minimum absolute atomic E-state index is 0.00479. The molecule has 1 saturated heterocycles. The molecule has 0 spiro atoms. The highest BCUT2D eigenvalue weighted by molar-refractivity contribution is 5.32. The number of rotatable bonds is 5. The second kappa shape index (κ2) is 6.88. The van der Waals surface area contributed by atoms with Crippen molar-refractivity contribution in [1.82, 2.24) is 14.5 Å². The molecule has 0 radical (unpaired) electrons. The summed E-state index contributed by atoms with van der Waals surface area (Å²) < 4.78 is 1.75. The van der Waals surface area contributed by atoms with Crippen molar-refractivity contribution in [2.45, 2.75) is 46.2 Å². The third-order valence-corrected chi connectivity index (χ3v) is 3.77. The van der Waals surface area contributed by atoms with Gasteiger partial charge < -0.3 is 14.8 Å². The van der Waals surface area contributed by atoms with Crippen molar-refractivity contribution in [1.29, 1.82) is 0 Å². The van der Waals surface area contributed by atoms with Crippen LogP contribution >= 0.6 is 0 Å². The SMILES string of the molecule is CCN1CCCC(Nc2nccn(CC(C)C)c2=O)C1. The molecule has 112 valence electrons. The van der Waals surface area contributed by atoms with Gasteiger partial charge in [0.2, 0.25) is 0 Å². The van der Waals surface area contributed by atoms with Crippen molar-refractivity contribution >= 4 is 5.82 Å². The Morgan fingerprint density at radius 3 is 3.00 bits per heavy atom. The Bertz CT molecular complexity index is 483. The molecule has 20 heavy (non-hydrogen) atoms. The predicted molar refractivity (Wildman–Crippen MR) is 82.1 cm³/mol. The minimum atomic E-state index is -0.00479. The Balaban J connectivity index is 2.07. The second-order valence-corrected chi connectivity index (χ2v) is 6.00. The van der Waals surface area contributed by atoms with Crippen LogP contribution < -0.4 is 10.9 Å². The molecule has 0 amide bonds. The predicted octanol–water partition coefficient (Wildman–Crippen LogP) is 1.80. The van der Waals surface area contributed by atoms with Crippen molar-refractivity contribution in [3.63, 3.8) is 0 Å². The van der Waals surface area contributed by atoms with Crippen molar-refractivity contribution in [2.75, 3.05) is 25.0 Å². The summed E-state index contributed by atoms with van der Waals surface area (Å²) in [6.07, 6.45) is 5.77. The monoisotopic (exact) mass is 278 g/mol. The summed E-state index contributed by atoms with van der Waals surface area (Å²) in [5, 5.41) is 3.34. The first-order valence-electron chi connectivity index (χ1n) is 7.64. The number of nitrogens with zero attached hydrogens (tertiary/aromatic N) is 3. The Kier molecular flexibility index (Phi) is 5.17. The Morgan fingerprint density at radius 2 is 2.30 bits per heavy atom. The molecule has 5 heteroatoms. The molecule has 5 nitrogen and oxygen atoms in total. The quantitative estimate of drug-likeness (QED) is 0.892. The first-order valence-corrected chi connectivity index (χ1v) is 7.64.